The second-order valence-electron chi connectivity index (χ2n) is 4.94. The van der Waals surface area contributed by atoms with Crippen molar-refractivity contribution in [3.8, 4) is 0 Å². The SMILES string of the molecule is CN(C(=O)C1NCCc2ccccc21)c1cccnc1. The first-order valence-electron chi connectivity index (χ1n) is 6.76. The number of likely N-dealkylation sites (N-methyl/N-ethyl adjacent to an activating group) is 1. The number of pyridine rings is 1. The zero-order valence-electron chi connectivity index (χ0n) is 11.4. The second kappa shape index (κ2) is 5.43. The fraction of sp³-hybridized carbons (Fsp3) is 0.250. The lowest BCUT2D eigenvalue weighted by atomic mass is 9.93. The lowest BCUT2D eigenvalue weighted by molar-refractivity contribution is -0.120. The van der Waals surface area contributed by atoms with Crippen molar-refractivity contribution in [1.29, 1.82) is 0 Å². The Hall–Kier alpha value is -2.20. The van der Waals surface area contributed by atoms with E-state index in [9.17, 15) is 4.79 Å². The molecular weight excluding hydrogens is 250 g/mol. The number of fused-ring (bicyclic) bond motifs is 1. The van der Waals surface area contributed by atoms with Crippen molar-refractivity contribution in [2.75, 3.05) is 18.5 Å². The normalized spacial score (nSPS) is 17.4. The van der Waals surface area contributed by atoms with Crippen LogP contribution in [0, 0.1) is 0 Å². The Morgan fingerprint density at radius 1 is 1.30 bits per heavy atom. The number of carbonyl (C=O) groups is 1. The summed E-state index contributed by atoms with van der Waals surface area (Å²) in [6, 6.07) is 11.6. The van der Waals surface area contributed by atoms with Gasteiger partial charge in [-0.05, 0) is 29.7 Å². The molecule has 0 spiro atoms. The van der Waals surface area contributed by atoms with Crippen molar-refractivity contribution in [2.24, 2.45) is 0 Å². The van der Waals surface area contributed by atoms with Gasteiger partial charge in [-0.3, -0.25) is 9.78 Å². The Labute approximate surface area is 118 Å². The van der Waals surface area contributed by atoms with E-state index < -0.39 is 0 Å². The fourth-order valence-electron chi connectivity index (χ4n) is 2.60. The topological polar surface area (TPSA) is 45.2 Å². The van der Waals surface area contributed by atoms with Crippen LogP contribution in [0.15, 0.2) is 48.8 Å². The zero-order valence-corrected chi connectivity index (χ0v) is 11.4. The van der Waals surface area contributed by atoms with Gasteiger partial charge in [0.2, 0.25) is 5.91 Å². The molecule has 0 saturated heterocycles. The highest BCUT2D eigenvalue weighted by molar-refractivity contribution is 5.97. The summed E-state index contributed by atoms with van der Waals surface area (Å²) >= 11 is 0. The molecule has 4 heteroatoms. The van der Waals surface area contributed by atoms with Crippen molar-refractivity contribution in [1.82, 2.24) is 10.3 Å². The molecule has 0 bridgehead atoms. The first-order valence-corrected chi connectivity index (χ1v) is 6.76. The Morgan fingerprint density at radius 3 is 2.95 bits per heavy atom. The Kier molecular flexibility index (Phi) is 3.48. The van der Waals surface area contributed by atoms with Gasteiger partial charge in [0.05, 0.1) is 11.9 Å². The number of hydrogen-bond donors (Lipinski definition) is 1. The average Bonchev–Trinajstić information content (AvgIpc) is 2.54. The minimum Gasteiger partial charge on any atom is -0.312 e. The molecule has 2 heterocycles. The van der Waals surface area contributed by atoms with Crippen molar-refractivity contribution >= 4 is 11.6 Å². The first-order chi connectivity index (χ1) is 9.77. The van der Waals surface area contributed by atoms with Gasteiger partial charge in [0, 0.05) is 19.8 Å². The van der Waals surface area contributed by atoms with E-state index in [1.807, 2.05) is 30.3 Å². The van der Waals surface area contributed by atoms with Gasteiger partial charge in [-0.25, -0.2) is 0 Å². The molecule has 0 radical (unpaired) electrons. The number of anilines is 1. The summed E-state index contributed by atoms with van der Waals surface area (Å²) in [4.78, 5) is 18.4. The molecule has 0 saturated carbocycles. The number of carbonyl (C=O) groups excluding carboxylic acids is 1. The molecule has 0 fully saturated rings. The number of benzene rings is 1. The van der Waals surface area contributed by atoms with Crippen LogP contribution in [0.25, 0.3) is 0 Å². The van der Waals surface area contributed by atoms with Crippen LogP contribution in [0.1, 0.15) is 17.2 Å². The van der Waals surface area contributed by atoms with Gasteiger partial charge in [0.25, 0.3) is 0 Å². The Balaban J connectivity index is 1.89. The third kappa shape index (κ3) is 2.30. The van der Waals surface area contributed by atoms with Crippen LogP contribution >= 0.6 is 0 Å². The maximum absolute atomic E-state index is 12.7. The zero-order chi connectivity index (χ0) is 13.9. The van der Waals surface area contributed by atoms with Crippen molar-refractivity contribution < 1.29 is 4.79 Å². The molecule has 1 aromatic carbocycles. The van der Waals surface area contributed by atoms with E-state index in [1.165, 1.54) is 5.56 Å². The largest absolute Gasteiger partial charge is 0.312 e. The summed E-state index contributed by atoms with van der Waals surface area (Å²) < 4.78 is 0. The number of nitrogens with zero attached hydrogens (tertiary/aromatic N) is 2. The monoisotopic (exact) mass is 267 g/mol. The summed E-state index contributed by atoms with van der Waals surface area (Å²) in [6.07, 6.45) is 4.37. The van der Waals surface area contributed by atoms with E-state index in [0.717, 1.165) is 24.2 Å². The predicted octanol–water partition coefficient (Wildman–Crippen LogP) is 1.93. The summed E-state index contributed by atoms with van der Waals surface area (Å²) in [5.41, 5.74) is 3.14. The van der Waals surface area contributed by atoms with Gasteiger partial charge in [-0.2, -0.15) is 0 Å². The highest BCUT2D eigenvalue weighted by Gasteiger charge is 2.28. The van der Waals surface area contributed by atoms with E-state index in [4.69, 9.17) is 0 Å². The van der Waals surface area contributed by atoms with Crippen LogP contribution in [0.4, 0.5) is 5.69 Å². The molecule has 1 aliphatic heterocycles. The third-order valence-corrected chi connectivity index (χ3v) is 3.72. The van der Waals surface area contributed by atoms with Gasteiger partial charge in [-0.1, -0.05) is 24.3 Å². The highest BCUT2D eigenvalue weighted by Crippen LogP contribution is 2.25. The maximum atomic E-state index is 12.7. The van der Waals surface area contributed by atoms with E-state index in [1.54, 1.807) is 24.3 Å². The van der Waals surface area contributed by atoms with Gasteiger partial charge in [0.15, 0.2) is 0 Å². The number of amides is 1. The lowest BCUT2D eigenvalue weighted by Gasteiger charge is -2.29. The molecule has 2 aromatic rings. The van der Waals surface area contributed by atoms with E-state index >= 15 is 0 Å². The number of rotatable bonds is 2. The van der Waals surface area contributed by atoms with Crippen molar-refractivity contribution in [3.63, 3.8) is 0 Å². The predicted molar refractivity (Wildman–Crippen MR) is 78.5 cm³/mol. The second-order valence-corrected chi connectivity index (χ2v) is 4.94. The molecule has 4 nitrogen and oxygen atoms in total. The molecule has 0 aliphatic carbocycles. The van der Waals surface area contributed by atoms with Gasteiger partial charge < -0.3 is 10.2 Å². The summed E-state index contributed by atoms with van der Waals surface area (Å²) in [5.74, 6) is 0.0464. The molecule has 1 aromatic heterocycles. The molecule has 20 heavy (non-hydrogen) atoms. The fourth-order valence-corrected chi connectivity index (χ4v) is 2.60. The molecule has 1 aliphatic rings. The minimum absolute atomic E-state index is 0.0464. The Morgan fingerprint density at radius 2 is 2.15 bits per heavy atom. The van der Waals surface area contributed by atoms with E-state index in [0.29, 0.717) is 0 Å². The molecule has 3 rings (SSSR count). The van der Waals surface area contributed by atoms with Crippen LogP contribution in [-0.2, 0) is 11.2 Å². The average molecular weight is 267 g/mol. The quantitative estimate of drug-likeness (QED) is 0.904. The van der Waals surface area contributed by atoms with Crippen LogP contribution in [-0.4, -0.2) is 24.5 Å². The van der Waals surface area contributed by atoms with Gasteiger partial charge in [0.1, 0.15) is 6.04 Å². The van der Waals surface area contributed by atoms with E-state index in [-0.39, 0.29) is 11.9 Å². The van der Waals surface area contributed by atoms with Crippen molar-refractivity contribution in [2.45, 2.75) is 12.5 Å². The molecule has 1 amide bonds. The summed E-state index contributed by atoms with van der Waals surface area (Å²) in [7, 11) is 1.79. The highest BCUT2D eigenvalue weighted by atomic mass is 16.2. The van der Waals surface area contributed by atoms with Crippen LogP contribution in [0.3, 0.4) is 0 Å². The molecule has 102 valence electrons. The molecule has 1 N–H and O–H groups in total. The van der Waals surface area contributed by atoms with Gasteiger partial charge in [-0.15, -0.1) is 0 Å². The summed E-state index contributed by atoms with van der Waals surface area (Å²) in [5, 5.41) is 3.31. The smallest absolute Gasteiger partial charge is 0.248 e. The lowest BCUT2D eigenvalue weighted by Crippen LogP contribution is -2.42. The number of nitrogens with one attached hydrogen (secondary N) is 1. The van der Waals surface area contributed by atoms with Crippen LogP contribution in [0.2, 0.25) is 0 Å². The maximum Gasteiger partial charge on any atom is 0.248 e. The van der Waals surface area contributed by atoms with Crippen LogP contribution in [0.5, 0.6) is 0 Å². The van der Waals surface area contributed by atoms with E-state index in [2.05, 4.69) is 16.4 Å². The summed E-state index contributed by atoms with van der Waals surface area (Å²) in [6.45, 7) is 0.828. The molecule has 1 atom stereocenters. The minimum atomic E-state index is -0.273. The number of hydrogen-bond acceptors (Lipinski definition) is 3. The molecular formula is C16H17N3O. The number of aromatic nitrogens is 1. The van der Waals surface area contributed by atoms with Crippen molar-refractivity contribution in [3.05, 3.63) is 59.9 Å². The standard InChI is InChI=1S/C16H17N3O/c1-19(13-6-4-9-17-11-13)16(20)15-14-7-3-2-5-12(14)8-10-18-15/h2-7,9,11,15,18H,8,10H2,1H3. The Bertz CT molecular complexity index is 612. The molecule has 1 unspecified atom stereocenters. The third-order valence-electron chi connectivity index (χ3n) is 3.72. The first kappa shape index (κ1) is 12.8. The van der Waals surface area contributed by atoms with Gasteiger partial charge >= 0.3 is 0 Å². The van der Waals surface area contributed by atoms with Crippen LogP contribution < -0.4 is 10.2 Å².